The maximum atomic E-state index is 3.70. The van der Waals surface area contributed by atoms with Crippen molar-refractivity contribution in [3.05, 3.63) is 63.6 Å². The van der Waals surface area contributed by atoms with E-state index < -0.39 is 0 Å². The van der Waals surface area contributed by atoms with Crippen LogP contribution in [0.25, 0.3) is 17.2 Å². The van der Waals surface area contributed by atoms with Gasteiger partial charge >= 0.3 is 132 Å². The van der Waals surface area contributed by atoms with E-state index in [0.29, 0.717) is 3.63 Å². The summed E-state index contributed by atoms with van der Waals surface area (Å²) >= 11 is 5.26. The molecule has 2 aromatic carbocycles. The topological polar surface area (TPSA) is 0 Å². The van der Waals surface area contributed by atoms with Gasteiger partial charge in [0.2, 0.25) is 0 Å². The molecule has 5 heteroatoms. The van der Waals surface area contributed by atoms with Crippen LogP contribution >= 0.6 is 15.9 Å². The minimum Gasteiger partial charge on any atom is -1.00 e. The molecular formula is C16H12BrCl3Zr. The first-order valence-electron chi connectivity index (χ1n) is 5.95. The Labute approximate surface area is 168 Å². The first-order valence-corrected chi connectivity index (χ1v) is 8.17. The summed E-state index contributed by atoms with van der Waals surface area (Å²) in [6.45, 7) is 2.24. The molecule has 2 aromatic rings. The number of benzene rings is 2. The summed E-state index contributed by atoms with van der Waals surface area (Å²) in [4.78, 5) is 0. The number of hydrogen-bond donors (Lipinski definition) is 0. The Morgan fingerprint density at radius 2 is 1.57 bits per heavy atom. The van der Waals surface area contributed by atoms with Crippen molar-refractivity contribution in [1.82, 2.24) is 0 Å². The zero-order valence-electron chi connectivity index (χ0n) is 11.2. The van der Waals surface area contributed by atoms with Crippen LogP contribution in [0.5, 0.6) is 0 Å². The third kappa shape index (κ3) is 4.04. The molecule has 0 N–H and O–H groups in total. The number of hydrogen-bond acceptors (Lipinski definition) is 0. The van der Waals surface area contributed by atoms with Crippen LogP contribution in [0.3, 0.4) is 0 Å². The zero-order chi connectivity index (χ0) is 12.7. The molecule has 0 saturated heterocycles. The predicted octanol–water partition coefficient (Wildman–Crippen LogP) is -3.87. The second-order valence-corrected chi connectivity index (χ2v) is 6.88. The summed E-state index contributed by atoms with van der Waals surface area (Å²) < 4.78 is 1.84. The molecule has 1 aliphatic rings. The van der Waals surface area contributed by atoms with Crippen LogP contribution in [0, 0.1) is 0 Å². The summed E-state index contributed by atoms with van der Waals surface area (Å²) in [6.07, 6.45) is 2.35. The van der Waals surface area contributed by atoms with Crippen LogP contribution in [0.4, 0.5) is 0 Å². The monoisotopic (exact) mass is 478 g/mol. The van der Waals surface area contributed by atoms with Gasteiger partial charge in [-0.2, -0.15) is 0 Å². The standard InChI is InChI=1S/C16H12Br.3ClH.Zr/c1-11-9-14-13(12-5-3-2-4-6-12)7-8-16(17)15(14)10-11;;;;/h2-10H,1H3;3*1H;/q;;;;+3/p-3. The molecule has 1 atom stereocenters. The van der Waals surface area contributed by atoms with Gasteiger partial charge in [0.1, 0.15) is 0 Å². The summed E-state index contributed by atoms with van der Waals surface area (Å²) in [5, 5.41) is 0. The molecule has 0 nitrogen and oxygen atoms in total. The van der Waals surface area contributed by atoms with Gasteiger partial charge < -0.3 is 37.2 Å². The van der Waals surface area contributed by atoms with Gasteiger partial charge in [-0.3, -0.25) is 0 Å². The van der Waals surface area contributed by atoms with Crippen molar-refractivity contribution in [3.63, 3.8) is 0 Å². The smallest absolute Gasteiger partial charge is 1.00 e. The molecule has 0 spiro atoms. The maximum absolute atomic E-state index is 3.70. The van der Waals surface area contributed by atoms with Gasteiger partial charge in [-0.15, -0.1) is 0 Å². The number of rotatable bonds is 1. The van der Waals surface area contributed by atoms with Crippen LogP contribution in [0.1, 0.15) is 21.7 Å². The predicted molar refractivity (Wildman–Crippen MR) is 76.0 cm³/mol. The molecule has 3 rings (SSSR count). The van der Waals surface area contributed by atoms with Gasteiger partial charge in [0, 0.05) is 0 Å². The largest absolute Gasteiger partial charge is 1.00 e. The van der Waals surface area contributed by atoms with Gasteiger partial charge in [-0.05, 0) is 0 Å². The van der Waals surface area contributed by atoms with Crippen molar-refractivity contribution in [3.8, 4) is 11.1 Å². The van der Waals surface area contributed by atoms with Crippen LogP contribution in [0.15, 0.2) is 52.5 Å². The molecule has 0 heterocycles. The second-order valence-electron chi connectivity index (χ2n) is 4.61. The molecule has 0 amide bonds. The van der Waals surface area contributed by atoms with E-state index in [9.17, 15) is 0 Å². The summed E-state index contributed by atoms with van der Waals surface area (Å²) in [5.41, 5.74) is 6.99. The Morgan fingerprint density at radius 3 is 2.19 bits per heavy atom. The second kappa shape index (κ2) is 8.89. The van der Waals surface area contributed by atoms with Gasteiger partial charge in [0.15, 0.2) is 0 Å². The summed E-state index contributed by atoms with van der Waals surface area (Å²) in [5.74, 6) is 0. The van der Waals surface area contributed by atoms with Gasteiger partial charge in [-0.1, -0.05) is 0 Å². The van der Waals surface area contributed by atoms with Crippen LogP contribution in [0.2, 0.25) is 0 Å². The van der Waals surface area contributed by atoms with Gasteiger partial charge in [0.05, 0.1) is 0 Å². The van der Waals surface area contributed by atoms with Crippen LogP contribution < -0.4 is 37.2 Å². The van der Waals surface area contributed by atoms with E-state index in [1.807, 2.05) is 0 Å². The van der Waals surface area contributed by atoms with Crippen LogP contribution in [-0.4, -0.2) is 0 Å². The molecule has 1 unspecified atom stereocenters. The van der Waals surface area contributed by atoms with Crippen molar-refractivity contribution < 1.29 is 61.9 Å². The Bertz CT molecular complexity index is 641. The zero-order valence-corrected chi connectivity index (χ0v) is 17.5. The third-order valence-corrected chi connectivity index (χ3v) is 5.96. The molecule has 0 bridgehead atoms. The number of halogens is 4. The van der Waals surface area contributed by atoms with Gasteiger partial charge in [0.25, 0.3) is 0 Å². The number of allylic oxidation sites excluding steroid dienone is 1. The SMILES string of the molecule is CC1=Cc2c(-c3ccccc3)ccc(Br)c2[CH]1[Zr+3].[Cl-].[Cl-].[Cl-]. The van der Waals surface area contributed by atoms with E-state index >= 15 is 0 Å². The minimum absolute atomic E-state index is 0. The molecule has 108 valence electrons. The first-order chi connectivity index (χ1) is 8.68. The Kier molecular flexibility index (Phi) is 9.07. The molecule has 0 fully saturated rings. The fourth-order valence-corrected chi connectivity index (χ4v) is 4.53. The molecule has 0 saturated carbocycles. The van der Waals surface area contributed by atoms with E-state index in [1.165, 1.54) is 32.3 Å². The van der Waals surface area contributed by atoms with Crippen molar-refractivity contribution in [2.75, 3.05) is 0 Å². The Balaban J connectivity index is 0.00000133. The average molecular weight is 482 g/mol. The average Bonchev–Trinajstić information content (AvgIpc) is 2.68. The Hall–Kier alpha value is 0.413. The molecule has 0 radical (unpaired) electrons. The normalized spacial score (nSPS) is 15.0. The van der Waals surface area contributed by atoms with Crippen molar-refractivity contribution in [1.29, 1.82) is 0 Å². The van der Waals surface area contributed by atoms with E-state index in [2.05, 4.69) is 71.4 Å². The first kappa shape index (κ1) is 21.4. The maximum Gasteiger partial charge on any atom is -1.00 e. The van der Waals surface area contributed by atoms with Gasteiger partial charge in [-0.25, -0.2) is 0 Å². The minimum atomic E-state index is 0. The third-order valence-electron chi connectivity index (χ3n) is 3.43. The van der Waals surface area contributed by atoms with E-state index in [-0.39, 0.29) is 37.2 Å². The summed E-state index contributed by atoms with van der Waals surface area (Å²) in [7, 11) is 0. The van der Waals surface area contributed by atoms with Crippen molar-refractivity contribution >= 4 is 22.0 Å². The molecule has 0 aliphatic heterocycles. The molecule has 21 heavy (non-hydrogen) atoms. The molecule has 0 aromatic heterocycles. The quantitative estimate of drug-likeness (QED) is 0.391. The van der Waals surface area contributed by atoms with Crippen LogP contribution in [-0.2, 0) is 24.7 Å². The number of fused-ring (bicyclic) bond motifs is 1. The summed E-state index contributed by atoms with van der Waals surface area (Å²) in [6, 6.07) is 15.0. The van der Waals surface area contributed by atoms with Crippen molar-refractivity contribution in [2.45, 2.75) is 10.5 Å². The fourth-order valence-electron chi connectivity index (χ4n) is 2.47. The van der Waals surface area contributed by atoms with Crippen molar-refractivity contribution in [2.24, 2.45) is 0 Å². The fraction of sp³-hybridized carbons (Fsp3) is 0.125. The molecular weight excluding hydrogens is 470 g/mol. The van der Waals surface area contributed by atoms with E-state index in [1.54, 1.807) is 24.7 Å². The molecule has 1 aliphatic carbocycles. The van der Waals surface area contributed by atoms with E-state index in [0.717, 1.165) is 0 Å². The van der Waals surface area contributed by atoms with E-state index in [4.69, 9.17) is 0 Å². The Morgan fingerprint density at radius 1 is 0.952 bits per heavy atom.